The van der Waals surface area contributed by atoms with Crippen molar-refractivity contribution >= 4 is 11.9 Å². The number of carbonyl (C=O) groups is 2. The summed E-state index contributed by atoms with van der Waals surface area (Å²) in [5.74, 6) is -0.0298. The second kappa shape index (κ2) is 10.8. The van der Waals surface area contributed by atoms with Crippen LogP contribution >= 0.6 is 0 Å². The van der Waals surface area contributed by atoms with Crippen molar-refractivity contribution in [2.24, 2.45) is 0 Å². The molecule has 0 spiro atoms. The monoisotopic (exact) mass is 305 g/mol. The van der Waals surface area contributed by atoms with Gasteiger partial charge in [-0.3, -0.25) is 4.79 Å². The van der Waals surface area contributed by atoms with E-state index in [1.165, 1.54) is 0 Å². The Labute approximate surface area is 133 Å². The Hall–Kier alpha value is -1.84. The minimum atomic E-state index is -0.266. The highest BCUT2D eigenvalue weighted by Gasteiger charge is 2.08. The van der Waals surface area contributed by atoms with Crippen molar-refractivity contribution in [2.75, 3.05) is 19.7 Å². The first kappa shape index (κ1) is 18.2. The highest BCUT2D eigenvalue weighted by atomic mass is 16.5. The zero-order chi connectivity index (χ0) is 16.2. The molecule has 1 amide bonds. The number of esters is 1. The molecule has 0 atom stereocenters. The van der Waals surface area contributed by atoms with E-state index in [-0.39, 0.29) is 11.9 Å². The van der Waals surface area contributed by atoms with E-state index >= 15 is 0 Å². The van der Waals surface area contributed by atoms with Gasteiger partial charge in [0.1, 0.15) is 0 Å². The number of ether oxygens (including phenoxy) is 1. The molecular formula is C18H27NO3. The molecule has 4 heteroatoms. The van der Waals surface area contributed by atoms with Gasteiger partial charge in [-0.2, -0.15) is 0 Å². The number of unbranched alkanes of at least 4 members (excludes halogenated alkanes) is 3. The van der Waals surface area contributed by atoms with Gasteiger partial charge in [0, 0.05) is 19.5 Å². The predicted molar refractivity (Wildman–Crippen MR) is 87.7 cm³/mol. The van der Waals surface area contributed by atoms with Gasteiger partial charge < -0.3 is 9.64 Å². The third-order valence-electron chi connectivity index (χ3n) is 3.64. The average Bonchev–Trinajstić information content (AvgIpc) is 2.55. The van der Waals surface area contributed by atoms with Gasteiger partial charge >= 0.3 is 5.97 Å². The maximum Gasteiger partial charge on any atom is 0.338 e. The summed E-state index contributed by atoms with van der Waals surface area (Å²) in [4.78, 5) is 25.4. The zero-order valence-electron chi connectivity index (χ0n) is 13.7. The molecule has 0 bridgehead atoms. The molecule has 1 aromatic carbocycles. The van der Waals surface area contributed by atoms with Crippen LogP contribution in [0.5, 0.6) is 0 Å². The number of carbonyl (C=O) groups excluding carboxylic acids is 2. The van der Waals surface area contributed by atoms with Gasteiger partial charge in [0.15, 0.2) is 0 Å². The lowest BCUT2D eigenvalue weighted by Gasteiger charge is -2.18. The van der Waals surface area contributed by atoms with E-state index < -0.39 is 0 Å². The van der Waals surface area contributed by atoms with E-state index in [0.29, 0.717) is 18.6 Å². The lowest BCUT2D eigenvalue weighted by Crippen LogP contribution is -2.30. The molecule has 0 N–H and O–H groups in total. The molecular weight excluding hydrogens is 278 g/mol. The number of hydrogen-bond acceptors (Lipinski definition) is 3. The summed E-state index contributed by atoms with van der Waals surface area (Å²) in [6.07, 6.45) is 4.34. The number of benzene rings is 1. The molecule has 122 valence electrons. The van der Waals surface area contributed by atoms with Gasteiger partial charge in [-0.25, -0.2) is 4.79 Å². The number of nitrogens with zero attached hydrogens (tertiary/aromatic N) is 1. The number of amides is 1. The molecule has 0 aliphatic rings. The van der Waals surface area contributed by atoms with Crippen molar-refractivity contribution in [3.63, 3.8) is 0 Å². The van der Waals surface area contributed by atoms with E-state index in [0.717, 1.165) is 38.8 Å². The molecule has 0 saturated carbocycles. The Kier molecular flexibility index (Phi) is 8.96. The minimum absolute atomic E-state index is 0.237. The maximum atomic E-state index is 11.8. The van der Waals surface area contributed by atoms with Crippen LogP contribution in [0.4, 0.5) is 0 Å². The average molecular weight is 305 g/mol. The summed E-state index contributed by atoms with van der Waals surface area (Å²) < 4.78 is 5.21. The van der Waals surface area contributed by atoms with Gasteiger partial charge in [-0.05, 0) is 38.8 Å². The van der Waals surface area contributed by atoms with Crippen molar-refractivity contribution < 1.29 is 14.3 Å². The fourth-order valence-electron chi connectivity index (χ4n) is 2.29. The summed E-state index contributed by atoms with van der Waals surface area (Å²) in [7, 11) is 0. The fourth-order valence-corrected chi connectivity index (χ4v) is 2.29. The largest absolute Gasteiger partial charge is 0.462 e. The fraction of sp³-hybridized carbons (Fsp3) is 0.556. The van der Waals surface area contributed by atoms with Crippen LogP contribution in [0.15, 0.2) is 30.3 Å². The van der Waals surface area contributed by atoms with E-state index in [1.54, 1.807) is 12.1 Å². The summed E-state index contributed by atoms with van der Waals surface area (Å²) in [5.41, 5.74) is 0.590. The lowest BCUT2D eigenvalue weighted by atomic mass is 10.1. The topological polar surface area (TPSA) is 46.6 Å². The molecule has 0 aromatic heterocycles. The number of hydrogen-bond donors (Lipinski definition) is 0. The molecule has 22 heavy (non-hydrogen) atoms. The molecule has 0 fully saturated rings. The van der Waals surface area contributed by atoms with Crippen LogP contribution in [0.2, 0.25) is 0 Å². The summed E-state index contributed by atoms with van der Waals surface area (Å²) in [6, 6.07) is 9.02. The smallest absolute Gasteiger partial charge is 0.338 e. The third kappa shape index (κ3) is 6.74. The molecule has 0 aliphatic carbocycles. The molecule has 0 saturated heterocycles. The van der Waals surface area contributed by atoms with E-state index in [4.69, 9.17) is 4.74 Å². The van der Waals surface area contributed by atoms with Gasteiger partial charge in [-0.1, -0.05) is 31.0 Å². The number of rotatable bonds is 10. The first-order valence-corrected chi connectivity index (χ1v) is 8.19. The van der Waals surface area contributed by atoms with Crippen LogP contribution in [0.3, 0.4) is 0 Å². The summed E-state index contributed by atoms with van der Waals surface area (Å²) >= 11 is 0. The van der Waals surface area contributed by atoms with Gasteiger partial charge in [0.25, 0.3) is 0 Å². The highest BCUT2D eigenvalue weighted by molar-refractivity contribution is 5.89. The van der Waals surface area contributed by atoms with Crippen LogP contribution in [-0.2, 0) is 9.53 Å². The van der Waals surface area contributed by atoms with Crippen LogP contribution in [-0.4, -0.2) is 36.5 Å². The molecule has 1 rings (SSSR count). The SMILES string of the molecule is CCN(CC)C(=O)CCCCCCOC(=O)c1ccccc1. The standard InChI is InChI=1S/C18H27NO3/c1-3-19(4-2)17(20)14-10-5-6-11-15-22-18(21)16-12-8-7-9-13-16/h7-9,12-13H,3-6,10-11,14-15H2,1-2H3. The normalized spacial score (nSPS) is 10.3. The molecule has 0 aliphatic heterocycles. The highest BCUT2D eigenvalue weighted by Crippen LogP contribution is 2.07. The van der Waals surface area contributed by atoms with Crippen LogP contribution in [0, 0.1) is 0 Å². The first-order chi connectivity index (χ1) is 10.7. The van der Waals surface area contributed by atoms with Crippen molar-refractivity contribution in [3.8, 4) is 0 Å². The Bertz CT molecular complexity index is 441. The van der Waals surface area contributed by atoms with Crippen LogP contribution < -0.4 is 0 Å². The van der Waals surface area contributed by atoms with Gasteiger partial charge in [0.2, 0.25) is 5.91 Å². The molecule has 0 radical (unpaired) electrons. The Morgan fingerprint density at radius 1 is 0.955 bits per heavy atom. The van der Waals surface area contributed by atoms with Crippen LogP contribution in [0.25, 0.3) is 0 Å². The predicted octanol–water partition coefficient (Wildman–Crippen LogP) is 3.66. The summed E-state index contributed by atoms with van der Waals surface area (Å²) in [6.45, 7) is 6.01. The Morgan fingerprint density at radius 2 is 1.59 bits per heavy atom. The van der Waals surface area contributed by atoms with E-state index in [1.807, 2.05) is 36.9 Å². The van der Waals surface area contributed by atoms with Gasteiger partial charge in [-0.15, -0.1) is 0 Å². The molecule has 0 unspecified atom stereocenters. The second-order valence-corrected chi connectivity index (χ2v) is 5.23. The summed E-state index contributed by atoms with van der Waals surface area (Å²) in [5, 5.41) is 0. The first-order valence-electron chi connectivity index (χ1n) is 8.19. The third-order valence-corrected chi connectivity index (χ3v) is 3.64. The molecule has 0 heterocycles. The van der Waals surface area contributed by atoms with Crippen molar-refractivity contribution in [1.82, 2.24) is 4.90 Å². The van der Waals surface area contributed by atoms with E-state index in [9.17, 15) is 9.59 Å². The second-order valence-electron chi connectivity index (χ2n) is 5.23. The lowest BCUT2D eigenvalue weighted by molar-refractivity contribution is -0.130. The molecule has 4 nitrogen and oxygen atoms in total. The van der Waals surface area contributed by atoms with Crippen molar-refractivity contribution in [2.45, 2.75) is 46.0 Å². The Morgan fingerprint density at radius 3 is 2.23 bits per heavy atom. The van der Waals surface area contributed by atoms with Crippen LogP contribution in [0.1, 0.15) is 56.3 Å². The minimum Gasteiger partial charge on any atom is -0.462 e. The van der Waals surface area contributed by atoms with Crippen molar-refractivity contribution in [3.05, 3.63) is 35.9 Å². The van der Waals surface area contributed by atoms with Gasteiger partial charge in [0.05, 0.1) is 12.2 Å². The Balaban J connectivity index is 2.04. The zero-order valence-corrected chi connectivity index (χ0v) is 13.7. The maximum absolute atomic E-state index is 11.8. The van der Waals surface area contributed by atoms with E-state index in [2.05, 4.69) is 0 Å². The van der Waals surface area contributed by atoms with Crippen molar-refractivity contribution in [1.29, 1.82) is 0 Å². The molecule has 1 aromatic rings. The quantitative estimate of drug-likeness (QED) is 0.489.